The van der Waals surface area contributed by atoms with E-state index in [1.54, 1.807) is 31.0 Å². The highest BCUT2D eigenvalue weighted by Crippen LogP contribution is 2.28. The fourth-order valence-electron chi connectivity index (χ4n) is 3.32. The molecule has 0 aliphatic carbocycles. The average molecular weight is 385 g/mol. The number of carbonyl (C=O) groups is 1. The van der Waals surface area contributed by atoms with E-state index in [4.69, 9.17) is 0 Å². The summed E-state index contributed by atoms with van der Waals surface area (Å²) in [6.07, 6.45) is 7.16. The Hall–Kier alpha value is -3.99. The van der Waals surface area contributed by atoms with Crippen LogP contribution in [0.1, 0.15) is 28.4 Å². The van der Waals surface area contributed by atoms with Gasteiger partial charge in [0.05, 0.1) is 30.4 Å². The number of nitriles is 1. The molecule has 4 rings (SSSR count). The zero-order chi connectivity index (χ0) is 20.4. The summed E-state index contributed by atoms with van der Waals surface area (Å²) in [5.74, 6) is -0.0838. The van der Waals surface area contributed by atoms with Gasteiger partial charge in [0.15, 0.2) is 0 Å². The lowest BCUT2D eigenvalue weighted by Gasteiger charge is -2.17. The average Bonchev–Trinajstić information content (AvgIpc) is 3.40. The van der Waals surface area contributed by atoms with Crippen molar-refractivity contribution in [3.8, 4) is 17.3 Å². The van der Waals surface area contributed by atoms with Gasteiger partial charge in [-0.25, -0.2) is 9.97 Å². The van der Waals surface area contributed by atoms with Gasteiger partial charge in [0.25, 0.3) is 5.91 Å². The van der Waals surface area contributed by atoms with Gasteiger partial charge in [-0.05, 0) is 23.8 Å². The second-order valence-corrected chi connectivity index (χ2v) is 6.87. The van der Waals surface area contributed by atoms with Gasteiger partial charge in [-0.2, -0.15) is 10.4 Å². The van der Waals surface area contributed by atoms with Crippen molar-refractivity contribution in [2.75, 3.05) is 14.1 Å². The quantitative estimate of drug-likeness (QED) is 0.569. The Balaban J connectivity index is 1.73. The van der Waals surface area contributed by atoms with Gasteiger partial charge in [0, 0.05) is 43.0 Å². The smallest absolute Gasteiger partial charge is 0.253 e. The van der Waals surface area contributed by atoms with Crippen molar-refractivity contribution in [3.05, 3.63) is 66.4 Å². The van der Waals surface area contributed by atoms with Crippen LogP contribution in [0.2, 0.25) is 0 Å². The number of nitrogens with zero attached hydrogens (tertiary/aromatic N) is 6. The zero-order valence-electron chi connectivity index (χ0n) is 16.1. The second-order valence-electron chi connectivity index (χ2n) is 6.87. The van der Waals surface area contributed by atoms with Crippen LogP contribution in [0.4, 0.5) is 0 Å². The molecule has 0 fully saturated rings. The van der Waals surface area contributed by atoms with E-state index < -0.39 is 0 Å². The van der Waals surface area contributed by atoms with Crippen LogP contribution in [0.5, 0.6) is 0 Å². The van der Waals surface area contributed by atoms with Gasteiger partial charge in [-0.1, -0.05) is 12.1 Å². The monoisotopic (exact) mass is 385 g/mol. The van der Waals surface area contributed by atoms with E-state index in [0.717, 1.165) is 27.9 Å². The highest BCUT2D eigenvalue weighted by Gasteiger charge is 2.19. The van der Waals surface area contributed by atoms with E-state index in [1.807, 2.05) is 36.7 Å². The number of hydrogen-bond acceptors (Lipinski definition) is 5. The highest BCUT2D eigenvalue weighted by molar-refractivity contribution is 5.94. The van der Waals surface area contributed by atoms with E-state index in [1.165, 1.54) is 11.2 Å². The number of aromatic nitrogens is 5. The van der Waals surface area contributed by atoms with Gasteiger partial charge < -0.3 is 9.88 Å². The Morgan fingerprint density at radius 2 is 2.17 bits per heavy atom. The molecule has 4 aromatic rings. The Morgan fingerprint density at radius 3 is 2.97 bits per heavy atom. The molecule has 0 spiro atoms. The Morgan fingerprint density at radius 1 is 1.31 bits per heavy atom. The van der Waals surface area contributed by atoms with Crippen LogP contribution in [-0.4, -0.2) is 49.6 Å². The first-order valence-corrected chi connectivity index (χ1v) is 9.09. The Labute approximate surface area is 167 Å². The summed E-state index contributed by atoms with van der Waals surface area (Å²) < 4.78 is 1.75. The summed E-state index contributed by atoms with van der Waals surface area (Å²) in [4.78, 5) is 25.5. The molecule has 1 amide bonds. The van der Waals surface area contributed by atoms with Gasteiger partial charge in [-0.3, -0.25) is 9.48 Å². The molecule has 0 bridgehead atoms. The second kappa shape index (κ2) is 7.56. The maximum Gasteiger partial charge on any atom is 0.253 e. The number of benzene rings is 1. The third-order valence-corrected chi connectivity index (χ3v) is 4.76. The van der Waals surface area contributed by atoms with E-state index >= 15 is 0 Å². The third-order valence-electron chi connectivity index (χ3n) is 4.76. The number of aromatic amines is 1. The first-order chi connectivity index (χ1) is 14.1. The Kier molecular flexibility index (Phi) is 4.79. The molecule has 8 nitrogen and oxygen atoms in total. The van der Waals surface area contributed by atoms with Crippen molar-refractivity contribution >= 4 is 16.9 Å². The van der Waals surface area contributed by atoms with Crippen LogP contribution in [0.3, 0.4) is 0 Å². The van der Waals surface area contributed by atoms with Gasteiger partial charge in [0.1, 0.15) is 12.0 Å². The van der Waals surface area contributed by atoms with Gasteiger partial charge in [0.2, 0.25) is 0 Å². The molecule has 0 saturated carbocycles. The van der Waals surface area contributed by atoms with E-state index in [0.29, 0.717) is 5.56 Å². The molecule has 0 radical (unpaired) electrons. The maximum atomic E-state index is 12.3. The van der Waals surface area contributed by atoms with Crippen LogP contribution >= 0.6 is 0 Å². The van der Waals surface area contributed by atoms with E-state index in [2.05, 4.69) is 26.1 Å². The molecule has 3 heterocycles. The SMILES string of the molecule is CN(C)C(=O)c1cccc(C(CC#N)n2cc(-c3ncnc4[nH]ccc34)cn2)c1. The first-order valence-electron chi connectivity index (χ1n) is 9.09. The van der Waals surface area contributed by atoms with E-state index in [9.17, 15) is 10.1 Å². The molecular weight excluding hydrogens is 366 g/mol. The molecule has 1 atom stereocenters. The van der Waals surface area contributed by atoms with Crippen molar-refractivity contribution in [2.45, 2.75) is 12.5 Å². The summed E-state index contributed by atoms with van der Waals surface area (Å²) >= 11 is 0. The normalized spacial score (nSPS) is 11.9. The standard InChI is InChI=1S/C21H19N7O/c1-27(2)21(29)15-5-3-4-14(10-15)18(6-8-22)28-12-16(11-26-28)19-17-7-9-23-20(17)25-13-24-19/h3-5,7,9-13,18H,6H2,1-2H3,(H,23,24,25). The summed E-state index contributed by atoms with van der Waals surface area (Å²) in [5.41, 5.74) is 3.79. The topological polar surface area (TPSA) is 103 Å². The molecule has 144 valence electrons. The van der Waals surface area contributed by atoms with Crippen LogP contribution in [0.25, 0.3) is 22.3 Å². The molecule has 3 aromatic heterocycles. The number of amides is 1. The van der Waals surface area contributed by atoms with Crippen molar-refractivity contribution in [1.29, 1.82) is 5.26 Å². The van der Waals surface area contributed by atoms with Crippen molar-refractivity contribution in [1.82, 2.24) is 29.6 Å². The first kappa shape index (κ1) is 18.4. The predicted molar refractivity (Wildman–Crippen MR) is 108 cm³/mol. The number of fused-ring (bicyclic) bond motifs is 1. The number of rotatable bonds is 5. The number of hydrogen-bond donors (Lipinski definition) is 1. The maximum absolute atomic E-state index is 12.3. The zero-order valence-corrected chi connectivity index (χ0v) is 16.1. The van der Waals surface area contributed by atoms with Crippen molar-refractivity contribution in [3.63, 3.8) is 0 Å². The summed E-state index contributed by atoms with van der Waals surface area (Å²) in [7, 11) is 3.43. The third kappa shape index (κ3) is 3.46. The van der Waals surface area contributed by atoms with Crippen molar-refractivity contribution < 1.29 is 4.79 Å². The molecule has 0 saturated heterocycles. The summed E-state index contributed by atoms with van der Waals surface area (Å²) in [6, 6.07) is 11.2. The summed E-state index contributed by atoms with van der Waals surface area (Å²) in [6.45, 7) is 0. The summed E-state index contributed by atoms with van der Waals surface area (Å²) in [5, 5.41) is 14.8. The van der Waals surface area contributed by atoms with Crippen LogP contribution < -0.4 is 0 Å². The lowest BCUT2D eigenvalue weighted by atomic mass is 10.0. The minimum atomic E-state index is -0.313. The van der Waals surface area contributed by atoms with Crippen LogP contribution in [0.15, 0.2) is 55.2 Å². The fourth-order valence-corrected chi connectivity index (χ4v) is 3.32. The molecule has 0 aliphatic heterocycles. The van der Waals surface area contributed by atoms with Crippen LogP contribution in [-0.2, 0) is 0 Å². The molecule has 0 aliphatic rings. The highest BCUT2D eigenvalue weighted by atomic mass is 16.2. The predicted octanol–water partition coefficient (Wildman–Crippen LogP) is 3.03. The molecule has 1 aromatic carbocycles. The van der Waals surface area contributed by atoms with Gasteiger partial charge in [-0.15, -0.1) is 0 Å². The molecule has 29 heavy (non-hydrogen) atoms. The molecule has 1 N–H and O–H groups in total. The number of carbonyl (C=O) groups excluding carboxylic acids is 1. The molecular formula is C21H19N7O. The lowest BCUT2D eigenvalue weighted by molar-refractivity contribution is 0.0827. The Bertz CT molecular complexity index is 1210. The van der Waals surface area contributed by atoms with E-state index in [-0.39, 0.29) is 18.4 Å². The van der Waals surface area contributed by atoms with Gasteiger partial charge >= 0.3 is 0 Å². The lowest BCUT2D eigenvalue weighted by Crippen LogP contribution is -2.22. The fraction of sp³-hybridized carbons (Fsp3) is 0.190. The number of H-pyrrole nitrogens is 1. The largest absolute Gasteiger partial charge is 0.346 e. The van der Waals surface area contributed by atoms with Crippen LogP contribution in [0, 0.1) is 11.3 Å². The minimum Gasteiger partial charge on any atom is -0.346 e. The molecule has 8 heteroatoms. The minimum absolute atomic E-state index is 0.0838. The number of nitrogens with one attached hydrogen (secondary N) is 1. The van der Waals surface area contributed by atoms with Crippen molar-refractivity contribution in [2.24, 2.45) is 0 Å². The molecule has 1 unspecified atom stereocenters.